The smallest absolute Gasteiger partial charge is 0.223 e. The predicted molar refractivity (Wildman–Crippen MR) is 124 cm³/mol. The Morgan fingerprint density at radius 2 is 1.97 bits per heavy atom. The van der Waals surface area contributed by atoms with E-state index in [0.29, 0.717) is 6.54 Å². The zero-order chi connectivity index (χ0) is 22.7. The van der Waals surface area contributed by atoms with E-state index < -0.39 is 0 Å². The number of rotatable bonds is 7. The van der Waals surface area contributed by atoms with Crippen LogP contribution in [0.25, 0.3) is 10.9 Å². The molecule has 170 valence electrons. The van der Waals surface area contributed by atoms with E-state index in [0.717, 1.165) is 72.0 Å². The quantitative estimate of drug-likeness (QED) is 0.611. The lowest BCUT2D eigenvalue weighted by molar-refractivity contribution is -0.125. The van der Waals surface area contributed by atoms with Gasteiger partial charge in [-0.3, -0.25) is 9.48 Å². The predicted octanol–water partition coefficient (Wildman–Crippen LogP) is 3.31. The van der Waals surface area contributed by atoms with Gasteiger partial charge in [0.1, 0.15) is 17.0 Å². The van der Waals surface area contributed by atoms with Gasteiger partial charge in [-0.1, -0.05) is 0 Å². The first-order valence-electron chi connectivity index (χ1n) is 11.1. The van der Waals surface area contributed by atoms with Gasteiger partial charge in [-0.2, -0.15) is 5.10 Å². The van der Waals surface area contributed by atoms with Crippen LogP contribution in [-0.4, -0.2) is 48.0 Å². The van der Waals surface area contributed by atoms with E-state index in [1.807, 2.05) is 42.1 Å². The van der Waals surface area contributed by atoms with Crippen LogP contribution in [0.5, 0.6) is 11.5 Å². The zero-order valence-electron chi connectivity index (χ0n) is 19.2. The molecule has 0 spiro atoms. The Hall–Kier alpha value is -3.29. The summed E-state index contributed by atoms with van der Waals surface area (Å²) >= 11 is 0. The molecule has 2 aromatic heterocycles. The lowest BCUT2D eigenvalue weighted by Crippen LogP contribution is -2.40. The van der Waals surface area contributed by atoms with Crippen molar-refractivity contribution in [3.05, 3.63) is 41.7 Å². The Morgan fingerprint density at radius 1 is 1.19 bits per heavy atom. The Labute approximate surface area is 188 Å². The largest absolute Gasteiger partial charge is 0.497 e. The number of ether oxygens (including phenoxy) is 2. The fourth-order valence-corrected chi connectivity index (χ4v) is 4.43. The normalized spacial score (nSPS) is 14.6. The van der Waals surface area contributed by atoms with Crippen molar-refractivity contribution in [2.75, 3.05) is 32.2 Å². The van der Waals surface area contributed by atoms with Gasteiger partial charge in [0.2, 0.25) is 5.91 Å². The van der Waals surface area contributed by atoms with Gasteiger partial charge in [0.25, 0.3) is 0 Å². The molecule has 3 aromatic rings. The standard InChI is InChI=1S/C24H31N5O3/c1-5-29-22-20(16(2)27-29)8-11-25-23(22)28-12-9-17(10-13-28)24(30)26-15-18-14-19(31-3)6-7-21(18)32-4/h6-8,11,14,17H,5,9-10,12-13,15H2,1-4H3,(H,26,30). The second-order valence-electron chi connectivity index (χ2n) is 8.09. The molecule has 1 saturated heterocycles. The third-order valence-electron chi connectivity index (χ3n) is 6.23. The number of piperidine rings is 1. The molecule has 0 aliphatic carbocycles. The SMILES string of the molecule is CCn1nc(C)c2ccnc(N3CCC(C(=O)NCc4cc(OC)ccc4OC)CC3)c21. The van der Waals surface area contributed by atoms with Crippen molar-refractivity contribution in [3.63, 3.8) is 0 Å². The van der Waals surface area contributed by atoms with Crippen molar-refractivity contribution in [3.8, 4) is 11.5 Å². The van der Waals surface area contributed by atoms with Crippen LogP contribution < -0.4 is 19.7 Å². The van der Waals surface area contributed by atoms with Crippen LogP contribution in [0, 0.1) is 12.8 Å². The first kappa shape index (κ1) is 21.9. The molecule has 0 atom stereocenters. The van der Waals surface area contributed by atoms with Crippen LogP contribution in [0.2, 0.25) is 0 Å². The average Bonchev–Trinajstić information content (AvgIpc) is 3.18. The highest BCUT2D eigenvalue weighted by molar-refractivity contribution is 5.91. The van der Waals surface area contributed by atoms with E-state index in [1.165, 1.54) is 0 Å². The zero-order valence-corrected chi connectivity index (χ0v) is 19.2. The van der Waals surface area contributed by atoms with Gasteiger partial charge in [-0.25, -0.2) is 4.98 Å². The fourth-order valence-electron chi connectivity index (χ4n) is 4.43. The number of benzene rings is 1. The molecule has 8 heteroatoms. The summed E-state index contributed by atoms with van der Waals surface area (Å²) in [6.45, 7) is 6.93. The number of amides is 1. The summed E-state index contributed by atoms with van der Waals surface area (Å²) in [5.74, 6) is 2.51. The maximum atomic E-state index is 12.9. The summed E-state index contributed by atoms with van der Waals surface area (Å²) in [6.07, 6.45) is 3.43. The Bertz CT molecular complexity index is 1100. The number of hydrogen-bond donors (Lipinski definition) is 1. The van der Waals surface area contributed by atoms with Gasteiger partial charge in [0.15, 0.2) is 5.82 Å². The van der Waals surface area contributed by atoms with E-state index in [9.17, 15) is 4.79 Å². The van der Waals surface area contributed by atoms with Crippen LogP contribution in [0.3, 0.4) is 0 Å². The summed E-state index contributed by atoms with van der Waals surface area (Å²) < 4.78 is 12.7. The summed E-state index contributed by atoms with van der Waals surface area (Å²) in [7, 11) is 3.26. The maximum Gasteiger partial charge on any atom is 0.223 e. The second-order valence-corrected chi connectivity index (χ2v) is 8.09. The monoisotopic (exact) mass is 437 g/mol. The molecular formula is C24H31N5O3. The van der Waals surface area contributed by atoms with Crippen molar-refractivity contribution in [1.82, 2.24) is 20.1 Å². The highest BCUT2D eigenvalue weighted by Gasteiger charge is 2.27. The van der Waals surface area contributed by atoms with Gasteiger partial charge in [0.05, 0.1) is 19.9 Å². The maximum absolute atomic E-state index is 12.9. The van der Waals surface area contributed by atoms with Gasteiger partial charge in [0, 0.05) is 49.2 Å². The number of carbonyl (C=O) groups excluding carboxylic acids is 1. The molecule has 0 unspecified atom stereocenters. The van der Waals surface area contributed by atoms with Crippen molar-refractivity contribution in [2.24, 2.45) is 5.92 Å². The molecule has 0 bridgehead atoms. The molecule has 1 fully saturated rings. The minimum atomic E-state index is -0.0140. The van der Waals surface area contributed by atoms with Gasteiger partial charge >= 0.3 is 0 Å². The van der Waals surface area contributed by atoms with Crippen LogP contribution in [0.4, 0.5) is 5.82 Å². The number of aromatic nitrogens is 3. The Kier molecular flexibility index (Phi) is 6.48. The molecule has 1 aromatic carbocycles. The number of hydrogen-bond acceptors (Lipinski definition) is 6. The molecule has 0 saturated carbocycles. The van der Waals surface area contributed by atoms with Crippen LogP contribution in [0.1, 0.15) is 31.0 Å². The molecule has 3 heterocycles. The summed E-state index contributed by atoms with van der Waals surface area (Å²) in [5, 5.41) is 8.87. The minimum absolute atomic E-state index is 0.0140. The van der Waals surface area contributed by atoms with Crippen molar-refractivity contribution < 1.29 is 14.3 Å². The van der Waals surface area contributed by atoms with Crippen molar-refractivity contribution in [1.29, 1.82) is 0 Å². The third kappa shape index (κ3) is 4.22. The Morgan fingerprint density at radius 3 is 2.66 bits per heavy atom. The first-order valence-corrected chi connectivity index (χ1v) is 11.1. The molecule has 1 N–H and O–H groups in total. The first-order chi connectivity index (χ1) is 15.5. The van der Waals surface area contributed by atoms with Crippen LogP contribution in [0.15, 0.2) is 30.5 Å². The van der Waals surface area contributed by atoms with E-state index in [2.05, 4.69) is 27.2 Å². The van der Waals surface area contributed by atoms with E-state index in [-0.39, 0.29) is 11.8 Å². The Balaban J connectivity index is 1.40. The van der Waals surface area contributed by atoms with Gasteiger partial charge < -0.3 is 19.7 Å². The molecule has 1 amide bonds. The molecule has 8 nitrogen and oxygen atoms in total. The van der Waals surface area contributed by atoms with E-state index in [4.69, 9.17) is 9.47 Å². The number of carbonyl (C=O) groups is 1. The number of nitrogens with one attached hydrogen (secondary N) is 1. The lowest BCUT2D eigenvalue weighted by atomic mass is 9.95. The van der Waals surface area contributed by atoms with Gasteiger partial charge in [-0.05, 0) is 51.0 Å². The topological polar surface area (TPSA) is 81.5 Å². The molecule has 1 aliphatic rings. The highest BCUT2D eigenvalue weighted by atomic mass is 16.5. The van der Waals surface area contributed by atoms with E-state index >= 15 is 0 Å². The van der Waals surface area contributed by atoms with Crippen molar-refractivity contribution in [2.45, 2.75) is 39.8 Å². The number of aryl methyl sites for hydroxylation is 2. The third-order valence-corrected chi connectivity index (χ3v) is 6.23. The summed E-state index contributed by atoms with van der Waals surface area (Å²) in [4.78, 5) is 19.8. The van der Waals surface area contributed by atoms with E-state index in [1.54, 1.807) is 14.2 Å². The minimum Gasteiger partial charge on any atom is -0.497 e. The molecule has 0 radical (unpaired) electrons. The highest BCUT2D eigenvalue weighted by Crippen LogP contribution is 2.30. The van der Waals surface area contributed by atoms with Crippen molar-refractivity contribution >= 4 is 22.6 Å². The number of pyridine rings is 1. The number of nitrogens with zero attached hydrogens (tertiary/aromatic N) is 4. The molecule has 32 heavy (non-hydrogen) atoms. The number of methoxy groups -OCH3 is 2. The molecule has 1 aliphatic heterocycles. The second kappa shape index (κ2) is 9.46. The fraction of sp³-hybridized carbons (Fsp3) is 0.458. The molecular weight excluding hydrogens is 406 g/mol. The lowest BCUT2D eigenvalue weighted by Gasteiger charge is -2.32. The summed E-state index contributed by atoms with van der Waals surface area (Å²) in [5.41, 5.74) is 3.00. The number of fused-ring (bicyclic) bond motifs is 1. The molecule has 4 rings (SSSR count). The summed E-state index contributed by atoms with van der Waals surface area (Å²) in [6, 6.07) is 7.63. The average molecular weight is 438 g/mol. The number of anilines is 1. The van der Waals surface area contributed by atoms with Crippen LogP contribution in [-0.2, 0) is 17.9 Å². The van der Waals surface area contributed by atoms with Crippen LogP contribution >= 0.6 is 0 Å². The van der Waals surface area contributed by atoms with Gasteiger partial charge in [-0.15, -0.1) is 0 Å².